The van der Waals surface area contributed by atoms with Crippen LogP contribution in [0.1, 0.15) is 22.6 Å². The summed E-state index contributed by atoms with van der Waals surface area (Å²) in [5, 5.41) is 9.03. The second-order valence-corrected chi connectivity index (χ2v) is 9.08. The Morgan fingerprint density at radius 2 is 1.59 bits per heavy atom. The van der Waals surface area contributed by atoms with Gasteiger partial charge in [-0.2, -0.15) is 0 Å². The average Bonchev–Trinajstić information content (AvgIpc) is 3.48. The second-order valence-electron chi connectivity index (χ2n) is 9.08. The maximum absolute atomic E-state index is 13.7. The van der Waals surface area contributed by atoms with Gasteiger partial charge in [-0.05, 0) is 43.2 Å². The van der Waals surface area contributed by atoms with Crippen LogP contribution in [0.4, 0.5) is 11.4 Å². The number of anilines is 2. The average molecular weight is 488 g/mol. The molecule has 6 heteroatoms. The zero-order valence-electron chi connectivity index (χ0n) is 20.8. The SMILES string of the molecule is Cc1ccccc1/C=C/c1onc(C)c1Nc1c(-c2ccccc2)oc2c1c(=O)n(C)c1ccccc21. The Hall–Kier alpha value is -4.84. The minimum Gasteiger partial charge on any atom is -0.453 e. The third kappa shape index (κ3) is 3.83. The molecule has 0 saturated carbocycles. The smallest absolute Gasteiger partial charge is 0.264 e. The van der Waals surface area contributed by atoms with Crippen LogP contribution < -0.4 is 10.9 Å². The first-order valence-electron chi connectivity index (χ1n) is 12.1. The molecular weight excluding hydrogens is 462 g/mol. The van der Waals surface area contributed by atoms with Crippen molar-refractivity contribution in [3.8, 4) is 11.3 Å². The lowest BCUT2D eigenvalue weighted by Crippen LogP contribution is -2.17. The number of pyridine rings is 1. The van der Waals surface area contributed by atoms with Crippen molar-refractivity contribution < 1.29 is 8.94 Å². The number of nitrogens with zero attached hydrogens (tertiary/aromatic N) is 2. The van der Waals surface area contributed by atoms with Crippen LogP contribution in [-0.4, -0.2) is 9.72 Å². The Morgan fingerprint density at radius 1 is 0.865 bits per heavy atom. The summed E-state index contributed by atoms with van der Waals surface area (Å²) in [5.74, 6) is 1.14. The van der Waals surface area contributed by atoms with Gasteiger partial charge in [-0.3, -0.25) is 4.79 Å². The summed E-state index contributed by atoms with van der Waals surface area (Å²) >= 11 is 0. The third-order valence-electron chi connectivity index (χ3n) is 6.71. The molecule has 3 aromatic heterocycles. The molecule has 3 aromatic carbocycles. The Balaban J connectivity index is 1.57. The van der Waals surface area contributed by atoms with Gasteiger partial charge in [0.1, 0.15) is 16.8 Å². The molecule has 0 spiro atoms. The van der Waals surface area contributed by atoms with Crippen LogP contribution in [0.15, 0.2) is 92.6 Å². The van der Waals surface area contributed by atoms with Crippen LogP contribution in [0.3, 0.4) is 0 Å². The normalized spacial score (nSPS) is 11.6. The fourth-order valence-electron chi connectivity index (χ4n) is 4.69. The maximum Gasteiger partial charge on any atom is 0.264 e. The summed E-state index contributed by atoms with van der Waals surface area (Å²) in [4.78, 5) is 13.7. The van der Waals surface area contributed by atoms with E-state index in [1.807, 2.05) is 91.9 Å². The molecule has 0 saturated heterocycles. The highest BCUT2D eigenvalue weighted by molar-refractivity contribution is 6.11. The quantitative estimate of drug-likeness (QED) is 0.273. The van der Waals surface area contributed by atoms with Crippen molar-refractivity contribution in [3.05, 3.63) is 112 Å². The van der Waals surface area contributed by atoms with E-state index in [0.717, 1.165) is 27.6 Å². The van der Waals surface area contributed by atoms with Crippen LogP contribution in [0.5, 0.6) is 0 Å². The van der Waals surface area contributed by atoms with Gasteiger partial charge < -0.3 is 18.8 Å². The van der Waals surface area contributed by atoms with E-state index in [4.69, 9.17) is 8.94 Å². The molecule has 0 unspecified atom stereocenters. The Labute approximate surface area is 213 Å². The van der Waals surface area contributed by atoms with Crippen molar-refractivity contribution >= 4 is 45.4 Å². The molecule has 0 aliphatic heterocycles. The van der Waals surface area contributed by atoms with Crippen LogP contribution in [0.25, 0.3) is 45.3 Å². The molecule has 37 heavy (non-hydrogen) atoms. The van der Waals surface area contributed by atoms with E-state index in [2.05, 4.69) is 23.5 Å². The molecule has 6 aromatic rings. The van der Waals surface area contributed by atoms with Gasteiger partial charge in [0.25, 0.3) is 5.56 Å². The van der Waals surface area contributed by atoms with E-state index in [1.54, 1.807) is 11.6 Å². The number of aromatic nitrogens is 2. The predicted molar refractivity (Wildman–Crippen MR) is 149 cm³/mol. The topological polar surface area (TPSA) is 73.2 Å². The minimum absolute atomic E-state index is 0.145. The van der Waals surface area contributed by atoms with Crippen LogP contribution in [0.2, 0.25) is 0 Å². The molecule has 6 rings (SSSR count). The van der Waals surface area contributed by atoms with Gasteiger partial charge in [-0.1, -0.05) is 78.0 Å². The van der Waals surface area contributed by atoms with Crippen molar-refractivity contribution in [2.24, 2.45) is 7.05 Å². The van der Waals surface area contributed by atoms with Gasteiger partial charge in [-0.25, -0.2) is 0 Å². The first-order valence-corrected chi connectivity index (χ1v) is 12.1. The molecule has 182 valence electrons. The van der Waals surface area contributed by atoms with Crippen molar-refractivity contribution in [1.82, 2.24) is 9.72 Å². The molecule has 0 atom stereocenters. The fraction of sp³-hybridized carbons (Fsp3) is 0.0968. The lowest BCUT2D eigenvalue weighted by atomic mass is 10.1. The molecule has 0 aliphatic rings. The Kier molecular flexibility index (Phi) is 5.49. The van der Waals surface area contributed by atoms with Gasteiger partial charge >= 0.3 is 0 Å². The second kappa shape index (κ2) is 8.99. The first-order chi connectivity index (χ1) is 18.0. The van der Waals surface area contributed by atoms with Crippen LogP contribution in [-0.2, 0) is 7.05 Å². The molecule has 1 N–H and O–H groups in total. The van der Waals surface area contributed by atoms with Gasteiger partial charge in [0.05, 0.1) is 11.2 Å². The zero-order chi connectivity index (χ0) is 25.5. The number of nitrogens with one attached hydrogen (secondary N) is 1. The number of rotatable bonds is 5. The van der Waals surface area contributed by atoms with Gasteiger partial charge in [0.15, 0.2) is 17.1 Å². The van der Waals surface area contributed by atoms with Crippen molar-refractivity contribution in [3.63, 3.8) is 0 Å². The molecule has 0 aliphatic carbocycles. The highest BCUT2D eigenvalue weighted by atomic mass is 16.5. The highest BCUT2D eigenvalue weighted by Crippen LogP contribution is 2.41. The minimum atomic E-state index is -0.145. The largest absolute Gasteiger partial charge is 0.453 e. The van der Waals surface area contributed by atoms with E-state index in [0.29, 0.717) is 39.6 Å². The van der Waals surface area contributed by atoms with E-state index in [9.17, 15) is 4.79 Å². The lowest BCUT2D eigenvalue weighted by Gasteiger charge is -2.08. The summed E-state index contributed by atoms with van der Waals surface area (Å²) in [6.45, 7) is 3.93. The molecular formula is C31H25N3O3. The van der Waals surface area contributed by atoms with E-state index < -0.39 is 0 Å². The van der Waals surface area contributed by atoms with E-state index >= 15 is 0 Å². The van der Waals surface area contributed by atoms with Gasteiger partial charge in [0, 0.05) is 18.0 Å². The monoisotopic (exact) mass is 487 g/mol. The summed E-state index contributed by atoms with van der Waals surface area (Å²) in [6, 6.07) is 25.7. The molecule has 0 radical (unpaired) electrons. The van der Waals surface area contributed by atoms with E-state index in [-0.39, 0.29) is 5.56 Å². The molecule has 3 heterocycles. The number of fused-ring (bicyclic) bond motifs is 3. The molecule has 6 nitrogen and oxygen atoms in total. The predicted octanol–water partition coefficient (Wildman–Crippen LogP) is 7.47. The lowest BCUT2D eigenvalue weighted by molar-refractivity contribution is 0.408. The number of para-hydroxylation sites is 1. The zero-order valence-corrected chi connectivity index (χ0v) is 20.8. The van der Waals surface area contributed by atoms with Gasteiger partial charge in [0.2, 0.25) is 0 Å². The number of benzene rings is 3. The standard InChI is InChI=1S/C31H25N3O3/c1-19-11-7-8-12-21(19)17-18-25-27(20(2)33-37-25)32-28-26-30(36-29(28)22-13-5-4-6-14-22)23-15-9-10-16-24(23)34(3)31(26)35/h4-18,32H,1-3H3/b18-17+. The molecule has 0 fully saturated rings. The Bertz CT molecular complexity index is 1860. The number of furan rings is 1. The number of aryl methyl sites for hydroxylation is 3. The summed E-state index contributed by atoms with van der Waals surface area (Å²) in [7, 11) is 1.78. The molecule has 0 bridgehead atoms. The highest BCUT2D eigenvalue weighted by Gasteiger charge is 2.24. The maximum atomic E-state index is 13.7. The van der Waals surface area contributed by atoms with Crippen molar-refractivity contribution in [1.29, 1.82) is 0 Å². The summed E-state index contributed by atoms with van der Waals surface area (Å²) in [6.07, 6.45) is 3.89. The Morgan fingerprint density at radius 3 is 2.41 bits per heavy atom. The van der Waals surface area contributed by atoms with E-state index in [1.165, 1.54) is 0 Å². The third-order valence-corrected chi connectivity index (χ3v) is 6.71. The summed E-state index contributed by atoms with van der Waals surface area (Å²) < 4.78 is 13.8. The van der Waals surface area contributed by atoms with Gasteiger partial charge in [-0.15, -0.1) is 0 Å². The number of hydrogen-bond donors (Lipinski definition) is 1. The van der Waals surface area contributed by atoms with Crippen molar-refractivity contribution in [2.45, 2.75) is 13.8 Å². The first kappa shape index (κ1) is 22.6. The summed E-state index contributed by atoms with van der Waals surface area (Å²) in [5.41, 5.74) is 6.26. The van der Waals surface area contributed by atoms with Crippen LogP contribution in [0, 0.1) is 13.8 Å². The number of hydrogen-bond acceptors (Lipinski definition) is 5. The van der Waals surface area contributed by atoms with Crippen molar-refractivity contribution in [2.75, 3.05) is 5.32 Å². The van der Waals surface area contributed by atoms with Crippen LogP contribution >= 0.6 is 0 Å². The fourth-order valence-corrected chi connectivity index (χ4v) is 4.69. The molecule has 0 amide bonds.